The van der Waals surface area contributed by atoms with Crippen LogP contribution < -0.4 is 5.32 Å². The lowest BCUT2D eigenvalue weighted by Crippen LogP contribution is -2.48. The van der Waals surface area contributed by atoms with Crippen LogP contribution in [0.4, 0.5) is 0 Å². The summed E-state index contributed by atoms with van der Waals surface area (Å²) in [5.74, 6) is 0. The van der Waals surface area contributed by atoms with Crippen LogP contribution in [0, 0.1) is 0 Å². The second-order valence-electron chi connectivity index (χ2n) is 6.19. The molecule has 1 aliphatic rings. The molecule has 2 atom stereocenters. The summed E-state index contributed by atoms with van der Waals surface area (Å²) in [7, 11) is 0. The molecule has 1 aromatic rings. The second kappa shape index (κ2) is 8.55. The van der Waals surface area contributed by atoms with Gasteiger partial charge in [0, 0.05) is 18.1 Å². The average molecular weight is 288 g/mol. The lowest BCUT2D eigenvalue weighted by Gasteiger charge is -2.40. The van der Waals surface area contributed by atoms with Crippen molar-refractivity contribution in [1.29, 1.82) is 0 Å². The van der Waals surface area contributed by atoms with Crippen LogP contribution in [-0.4, -0.2) is 30.1 Å². The van der Waals surface area contributed by atoms with Gasteiger partial charge in [0.2, 0.25) is 0 Å². The summed E-state index contributed by atoms with van der Waals surface area (Å²) in [4.78, 5) is 2.77. The van der Waals surface area contributed by atoms with Crippen LogP contribution in [-0.2, 0) is 0 Å². The fourth-order valence-corrected chi connectivity index (χ4v) is 4.02. The van der Waals surface area contributed by atoms with Crippen LogP contribution in [0.1, 0.15) is 64.5 Å². The molecule has 118 valence electrons. The molecule has 0 saturated heterocycles. The van der Waals surface area contributed by atoms with Crippen molar-refractivity contribution in [2.45, 2.75) is 71.0 Å². The quantitative estimate of drug-likeness (QED) is 0.763. The molecule has 21 heavy (non-hydrogen) atoms. The topological polar surface area (TPSA) is 15.3 Å². The van der Waals surface area contributed by atoms with E-state index in [0.29, 0.717) is 12.1 Å². The number of benzene rings is 1. The zero-order valence-corrected chi connectivity index (χ0v) is 14.0. The van der Waals surface area contributed by atoms with E-state index < -0.39 is 0 Å². The van der Waals surface area contributed by atoms with Crippen molar-refractivity contribution in [3.05, 3.63) is 35.9 Å². The third-order valence-electron chi connectivity index (χ3n) is 4.97. The van der Waals surface area contributed by atoms with Gasteiger partial charge in [0.15, 0.2) is 0 Å². The maximum Gasteiger partial charge on any atom is 0.0478 e. The summed E-state index contributed by atoms with van der Waals surface area (Å²) in [6.07, 6.45) is 6.80. The van der Waals surface area contributed by atoms with Crippen LogP contribution in [0.15, 0.2) is 30.3 Å². The largest absolute Gasteiger partial charge is 0.309 e. The molecule has 1 saturated carbocycles. The van der Waals surface area contributed by atoms with E-state index in [1.807, 2.05) is 0 Å². The number of nitrogens with zero attached hydrogens (tertiary/aromatic N) is 1. The Balaban J connectivity index is 2.21. The first kappa shape index (κ1) is 16.5. The average Bonchev–Trinajstić information content (AvgIpc) is 3.05. The number of likely N-dealkylation sites (N-methyl/N-ethyl adjacent to an activating group) is 2. The third kappa shape index (κ3) is 4.08. The Hall–Kier alpha value is -0.860. The van der Waals surface area contributed by atoms with E-state index in [1.54, 1.807) is 0 Å². The molecule has 1 N–H and O–H groups in total. The number of nitrogens with one attached hydrogen (secondary N) is 1. The summed E-state index contributed by atoms with van der Waals surface area (Å²) < 4.78 is 0. The standard InChI is InChI=1S/C19H32N2/c1-4-18(21(6-3)17-14-10-11-15-17)19(20-5-2)16-12-8-7-9-13-16/h7-9,12-13,17-20H,4-6,10-11,14-15H2,1-3H3. The minimum absolute atomic E-state index is 0.446. The molecule has 0 spiro atoms. The Labute approximate surface area is 130 Å². The van der Waals surface area contributed by atoms with Crippen LogP contribution in [0.25, 0.3) is 0 Å². The summed E-state index contributed by atoms with van der Waals surface area (Å²) in [6, 6.07) is 12.8. The zero-order chi connectivity index (χ0) is 15.1. The third-order valence-corrected chi connectivity index (χ3v) is 4.97. The lowest BCUT2D eigenvalue weighted by molar-refractivity contribution is 0.108. The Kier molecular flexibility index (Phi) is 6.72. The van der Waals surface area contributed by atoms with Crippen molar-refractivity contribution in [3.8, 4) is 0 Å². The van der Waals surface area contributed by atoms with Crippen molar-refractivity contribution in [2.24, 2.45) is 0 Å². The van der Waals surface area contributed by atoms with Gasteiger partial charge in [-0.1, -0.05) is 63.9 Å². The summed E-state index contributed by atoms with van der Waals surface area (Å²) in [5.41, 5.74) is 1.43. The van der Waals surface area contributed by atoms with E-state index in [4.69, 9.17) is 0 Å². The van der Waals surface area contributed by atoms with Crippen LogP contribution in [0.3, 0.4) is 0 Å². The maximum atomic E-state index is 3.75. The van der Waals surface area contributed by atoms with Gasteiger partial charge in [-0.3, -0.25) is 4.90 Å². The second-order valence-corrected chi connectivity index (χ2v) is 6.19. The smallest absolute Gasteiger partial charge is 0.0478 e. The van der Waals surface area contributed by atoms with E-state index in [-0.39, 0.29) is 0 Å². The van der Waals surface area contributed by atoms with Crippen LogP contribution in [0.5, 0.6) is 0 Å². The monoisotopic (exact) mass is 288 g/mol. The Morgan fingerprint density at radius 1 is 1.10 bits per heavy atom. The zero-order valence-electron chi connectivity index (χ0n) is 14.0. The molecule has 0 aliphatic heterocycles. The van der Waals surface area contributed by atoms with Crippen LogP contribution >= 0.6 is 0 Å². The van der Waals surface area contributed by atoms with E-state index >= 15 is 0 Å². The van der Waals surface area contributed by atoms with Crippen molar-refractivity contribution >= 4 is 0 Å². The molecule has 2 nitrogen and oxygen atoms in total. The minimum atomic E-state index is 0.446. The van der Waals surface area contributed by atoms with E-state index in [0.717, 1.165) is 19.1 Å². The summed E-state index contributed by atoms with van der Waals surface area (Å²) >= 11 is 0. The van der Waals surface area contributed by atoms with E-state index in [2.05, 4.69) is 61.3 Å². The minimum Gasteiger partial charge on any atom is -0.309 e. The summed E-state index contributed by atoms with van der Waals surface area (Å²) in [6.45, 7) is 9.08. The molecule has 2 heteroatoms. The van der Waals surface area contributed by atoms with E-state index in [9.17, 15) is 0 Å². The molecule has 1 fully saturated rings. The SMILES string of the molecule is CCNC(c1ccccc1)C(CC)N(CC)C1CCCC1. The van der Waals surface area contributed by atoms with Crippen molar-refractivity contribution in [3.63, 3.8) is 0 Å². The molecular weight excluding hydrogens is 256 g/mol. The number of hydrogen-bond donors (Lipinski definition) is 1. The molecule has 2 rings (SSSR count). The van der Waals surface area contributed by atoms with Crippen LogP contribution in [0.2, 0.25) is 0 Å². The van der Waals surface area contributed by atoms with Gasteiger partial charge >= 0.3 is 0 Å². The highest BCUT2D eigenvalue weighted by molar-refractivity contribution is 5.21. The predicted molar refractivity (Wildman–Crippen MR) is 91.6 cm³/mol. The van der Waals surface area contributed by atoms with Gasteiger partial charge in [0.1, 0.15) is 0 Å². The summed E-state index contributed by atoms with van der Waals surface area (Å²) in [5, 5.41) is 3.75. The number of hydrogen-bond acceptors (Lipinski definition) is 2. The number of rotatable bonds is 8. The fourth-order valence-electron chi connectivity index (χ4n) is 4.02. The van der Waals surface area contributed by atoms with Crippen molar-refractivity contribution in [1.82, 2.24) is 10.2 Å². The molecule has 0 heterocycles. The van der Waals surface area contributed by atoms with Crippen molar-refractivity contribution < 1.29 is 0 Å². The van der Waals surface area contributed by atoms with Gasteiger partial charge in [0.25, 0.3) is 0 Å². The molecule has 2 unspecified atom stereocenters. The molecule has 0 amide bonds. The molecule has 1 aliphatic carbocycles. The first-order valence-electron chi connectivity index (χ1n) is 8.85. The van der Waals surface area contributed by atoms with Gasteiger partial charge in [-0.25, -0.2) is 0 Å². The molecule has 0 bridgehead atoms. The highest BCUT2D eigenvalue weighted by Gasteiger charge is 2.31. The molecular formula is C19H32N2. The molecule has 0 aromatic heterocycles. The Bertz CT molecular complexity index is 384. The Morgan fingerprint density at radius 3 is 2.29 bits per heavy atom. The Morgan fingerprint density at radius 2 is 1.76 bits per heavy atom. The van der Waals surface area contributed by atoms with E-state index in [1.165, 1.54) is 37.7 Å². The van der Waals surface area contributed by atoms with Gasteiger partial charge in [0.05, 0.1) is 0 Å². The maximum absolute atomic E-state index is 3.75. The van der Waals surface area contributed by atoms with Crippen molar-refractivity contribution in [2.75, 3.05) is 13.1 Å². The first-order valence-corrected chi connectivity index (χ1v) is 8.85. The highest BCUT2D eigenvalue weighted by atomic mass is 15.2. The van der Waals surface area contributed by atoms with Gasteiger partial charge in [-0.15, -0.1) is 0 Å². The fraction of sp³-hybridized carbons (Fsp3) is 0.684. The molecule has 0 radical (unpaired) electrons. The normalized spacial score (nSPS) is 19.0. The predicted octanol–water partition coefficient (Wildman–Crippen LogP) is 4.38. The lowest BCUT2D eigenvalue weighted by atomic mass is 9.94. The highest BCUT2D eigenvalue weighted by Crippen LogP contribution is 2.31. The van der Waals surface area contributed by atoms with Gasteiger partial charge < -0.3 is 5.32 Å². The molecule has 1 aromatic carbocycles. The van der Waals surface area contributed by atoms with Gasteiger partial charge in [-0.05, 0) is 37.9 Å². The van der Waals surface area contributed by atoms with Gasteiger partial charge in [-0.2, -0.15) is 0 Å². The first-order chi connectivity index (χ1) is 10.3.